The van der Waals surface area contributed by atoms with Crippen LogP contribution in [0.2, 0.25) is 0 Å². The molecule has 30 heavy (non-hydrogen) atoms. The van der Waals surface area contributed by atoms with E-state index in [4.69, 9.17) is 4.74 Å². The van der Waals surface area contributed by atoms with E-state index in [1.54, 1.807) is 0 Å². The van der Waals surface area contributed by atoms with Gasteiger partial charge in [-0.1, -0.05) is 42.5 Å². The first-order valence-electron chi connectivity index (χ1n) is 9.16. The molecular formula is C20H22N4O6. The highest BCUT2D eigenvalue weighted by molar-refractivity contribution is 5.87. The Morgan fingerprint density at radius 1 is 0.967 bits per heavy atom. The lowest BCUT2D eigenvalue weighted by Gasteiger charge is -2.15. The van der Waals surface area contributed by atoms with Crippen LogP contribution in [0.15, 0.2) is 54.6 Å². The molecule has 2 rings (SSSR count). The van der Waals surface area contributed by atoms with Gasteiger partial charge in [0, 0.05) is 25.5 Å². The van der Waals surface area contributed by atoms with Gasteiger partial charge >= 0.3 is 5.69 Å². The number of benzene rings is 2. The summed E-state index contributed by atoms with van der Waals surface area (Å²) < 4.78 is 5.30. The van der Waals surface area contributed by atoms with E-state index in [-0.39, 0.29) is 30.2 Å². The third-order valence-electron chi connectivity index (χ3n) is 3.97. The molecule has 0 spiro atoms. The van der Waals surface area contributed by atoms with Crippen LogP contribution in [0.1, 0.15) is 25.3 Å². The van der Waals surface area contributed by atoms with Crippen LogP contribution in [0.3, 0.4) is 0 Å². The minimum Gasteiger partial charge on any atom is -0.474 e. The lowest BCUT2D eigenvalue weighted by atomic mass is 10.2. The molecule has 1 unspecified atom stereocenters. The summed E-state index contributed by atoms with van der Waals surface area (Å²) in [6.45, 7) is 1.74. The van der Waals surface area contributed by atoms with Gasteiger partial charge in [-0.15, -0.1) is 0 Å². The van der Waals surface area contributed by atoms with Gasteiger partial charge in [0.15, 0.2) is 11.9 Å². The summed E-state index contributed by atoms with van der Waals surface area (Å²) in [5.74, 6) is -1.62. The third kappa shape index (κ3) is 7.23. The smallest absolute Gasteiger partial charge is 0.310 e. The molecule has 0 saturated heterocycles. The van der Waals surface area contributed by atoms with E-state index in [2.05, 4.69) is 16.2 Å². The first kappa shape index (κ1) is 22.3. The summed E-state index contributed by atoms with van der Waals surface area (Å²) in [7, 11) is 0. The Morgan fingerprint density at radius 2 is 1.60 bits per heavy atom. The van der Waals surface area contributed by atoms with Crippen molar-refractivity contribution in [2.24, 2.45) is 0 Å². The summed E-state index contributed by atoms with van der Waals surface area (Å²) in [4.78, 5) is 46.0. The molecule has 0 aliphatic carbocycles. The standard InChI is InChI=1S/C20H22N4O6/c1-14(30-17-10-6-5-9-16(17)24(28)29)20(27)23-22-19(26)12-11-18(25)21-13-15-7-3-2-4-8-15/h2-10,14H,11-13H2,1H3,(H,21,25)(H,22,26)(H,23,27). The third-order valence-corrected chi connectivity index (χ3v) is 3.97. The number of ether oxygens (including phenoxy) is 1. The van der Waals surface area contributed by atoms with Crippen LogP contribution in [-0.2, 0) is 20.9 Å². The zero-order valence-corrected chi connectivity index (χ0v) is 16.3. The summed E-state index contributed by atoms with van der Waals surface area (Å²) in [5.41, 5.74) is 5.02. The van der Waals surface area contributed by atoms with Crippen LogP contribution in [0.5, 0.6) is 5.75 Å². The molecule has 10 nitrogen and oxygen atoms in total. The van der Waals surface area contributed by atoms with E-state index in [1.165, 1.54) is 31.2 Å². The van der Waals surface area contributed by atoms with Crippen LogP contribution < -0.4 is 20.9 Å². The molecule has 1 atom stereocenters. The Kier molecular flexibility index (Phi) is 8.30. The van der Waals surface area contributed by atoms with Crippen LogP contribution >= 0.6 is 0 Å². The quantitative estimate of drug-likeness (QED) is 0.421. The maximum atomic E-state index is 12.0. The predicted molar refractivity (Wildman–Crippen MR) is 107 cm³/mol. The normalized spacial score (nSPS) is 11.1. The van der Waals surface area contributed by atoms with Gasteiger partial charge in [0.1, 0.15) is 0 Å². The summed E-state index contributed by atoms with van der Waals surface area (Å²) in [6.07, 6.45) is -1.27. The summed E-state index contributed by atoms with van der Waals surface area (Å²) in [5, 5.41) is 13.7. The zero-order valence-electron chi connectivity index (χ0n) is 16.3. The second-order valence-electron chi connectivity index (χ2n) is 6.28. The van der Waals surface area contributed by atoms with Crippen molar-refractivity contribution >= 4 is 23.4 Å². The molecule has 0 fully saturated rings. The number of nitro groups is 1. The highest BCUT2D eigenvalue weighted by Crippen LogP contribution is 2.26. The van der Waals surface area contributed by atoms with Gasteiger partial charge in [0.25, 0.3) is 5.91 Å². The minimum atomic E-state index is -1.10. The van der Waals surface area contributed by atoms with E-state index in [9.17, 15) is 24.5 Å². The zero-order chi connectivity index (χ0) is 21.9. The van der Waals surface area contributed by atoms with E-state index in [0.29, 0.717) is 6.54 Å². The van der Waals surface area contributed by atoms with Crippen molar-refractivity contribution in [3.63, 3.8) is 0 Å². The average Bonchev–Trinajstić information content (AvgIpc) is 2.75. The maximum Gasteiger partial charge on any atom is 0.310 e. The largest absolute Gasteiger partial charge is 0.474 e. The number of carbonyl (C=O) groups excluding carboxylic acids is 3. The van der Waals surface area contributed by atoms with Crippen molar-refractivity contribution in [1.29, 1.82) is 0 Å². The Hall–Kier alpha value is -3.95. The summed E-state index contributed by atoms with van der Waals surface area (Å²) in [6, 6.07) is 15.0. The van der Waals surface area contributed by atoms with E-state index < -0.39 is 22.8 Å². The lowest BCUT2D eigenvalue weighted by molar-refractivity contribution is -0.386. The minimum absolute atomic E-state index is 0.0448. The van der Waals surface area contributed by atoms with Gasteiger partial charge in [-0.3, -0.25) is 35.3 Å². The van der Waals surface area contributed by atoms with Crippen LogP contribution in [0, 0.1) is 10.1 Å². The SMILES string of the molecule is CC(Oc1ccccc1[N+](=O)[O-])C(=O)NNC(=O)CCC(=O)NCc1ccccc1. The molecule has 3 N–H and O–H groups in total. The number of hydrogen-bond donors (Lipinski definition) is 3. The Bertz CT molecular complexity index is 903. The van der Waals surface area contributed by atoms with Crippen molar-refractivity contribution in [3.05, 3.63) is 70.3 Å². The van der Waals surface area contributed by atoms with Crippen molar-refractivity contribution in [1.82, 2.24) is 16.2 Å². The number of nitrogens with zero attached hydrogens (tertiary/aromatic N) is 1. The molecule has 0 aliphatic heterocycles. The molecule has 2 aromatic carbocycles. The molecule has 0 bridgehead atoms. The molecular weight excluding hydrogens is 392 g/mol. The fourth-order valence-electron chi connectivity index (χ4n) is 2.36. The topological polar surface area (TPSA) is 140 Å². The predicted octanol–water partition coefficient (Wildman–Crippen LogP) is 1.61. The second-order valence-corrected chi connectivity index (χ2v) is 6.28. The molecule has 0 aromatic heterocycles. The highest BCUT2D eigenvalue weighted by Gasteiger charge is 2.21. The second kappa shape index (κ2) is 11.1. The van der Waals surface area contributed by atoms with E-state index in [0.717, 1.165) is 5.56 Å². The fraction of sp³-hybridized carbons (Fsp3) is 0.250. The van der Waals surface area contributed by atoms with Crippen LogP contribution in [0.25, 0.3) is 0 Å². The Balaban J connectivity index is 1.70. The van der Waals surface area contributed by atoms with Gasteiger partial charge in [-0.05, 0) is 18.6 Å². The number of nitrogens with one attached hydrogen (secondary N) is 3. The van der Waals surface area contributed by atoms with Gasteiger partial charge in [-0.25, -0.2) is 0 Å². The first-order chi connectivity index (χ1) is 14.4. The van der Waals surface area contributed by atoms with E-state index >= 15 is 0 Å². The number of hydrogen-bond acceptors (Lipinski definition) is 6. The first-order valence-corrected chi connectivity index (χ1v) is 9.16. The van der Waals surface area contributed by atoms with Gasteiger partial charge in [0.2, 0.25) is 11.8 Å². The molecule has 10 heteroatoms. The average molecular weight is 414 g/mol. The monoisotopic (exact) mass is 414 g/mol. The molecule has 2 aromatic rings. The number of carbonyl (C=O) groups is 3. The molecule has 0 saturated carbocycles. The lowest BCUT2D eigenvalue weighted by Crippen LogP contribution is -2.47. The Morgan fingerprint density at radius 3 is 2.30 bits per heavy atom. The molecule has 0 heterocycles. The van der Waals surface area contributed by atoms with E-state index in [1.807, 2.05) is 30.3 Å². The van der Waals surface area contributed by atoms with Crippen molar-refractivity contribution in [3.8, 4) is 5.75 Å². The molecule has 158 valence electrons. The number of amides is 3. The number of para-hydroxylation sites is 2. The van der Waals surface area contributed by atoms with Crippen LogP contribution in [-0.4, -0.2) is 28.7 Å². The highest BCUT2D eigenvalue weighted by atomic mass is 16.6. The van der Waals surface area contributed by atoms with Gasteiger partial charge < -0.3 is 10.1 Å². The van der Waals surface area contributed by atoms with Gasteiger partial charge in [-0.2, -0.15) is 0 Å². The van der Waals surface area contributed by atoms with Gasteiger partial charge in [0.05, 0.1) is 4.92 Å². The number of rotatable bonds is 9. The number of hydrazine groups is 1. The maximum absolute atomic E-state index is 12.0. The summed E-state index contributed by atoms with van der Waals surface area (Å²) >= 11 is 0. The van der Waals surface area contributed by atoms with Crippen molar-refractivity contribution in [2.45, 2.75) is 32.4 Å². The molecule has 0 aliphatic rings. The van der Waals surface area contributed by atoms with Crippen molar-refractivity contribution in [2.75, 3.05) is 0 Å². The fourth-order valence-corrected chi connectivity index (χ4v) is 2.36. The number of nitro benzene ring substituents is 1. The molecule has 0 radical (unpaired) electrons. The Labute approximate surface area is 172 Å². The van der Waals surface area contributed by atoms with Crippen LogP contribution in [0.4, 0.5) is 5.69 Å². The van der Waals surface area contributed by atoms with Crippen molar-refractivity contribution < 1.29 is 24.0 Å². The molecule has 3 amide bonds.